The van der Waals surface area contributed by atoms with Crippen LogP contribution >= 0.6 is 23.1 Å². The number of fused-ring (bicyclic) bond motifs is 1. The van der Waals surface area contributed by atoms with Crippen LogP contribution in [-0.4, -0.2) is 22.8 Å². The maximum atomic E-state index is 14.5. The molecule has 2 heterocycles. The van der Waals surface area contributed by atoms with E-state index in [9.17, 15) is 12.8 Å². The second-order valence-electron chi connectivity index (χ2n) is 5.52. The largest absolute Gasteiger partial charge is 0.456 e. The summed E-state index contributed by atoms with van der Waals surface area (Å²) in [4.78, 5) is 7.29. The van der Waals surface area contributed by atoms with Crippen molar-refractivity contribution in [3.63, 3.8) is 0 Å². The molecule has 0 unspecified atom stereocenters. The summed E-state index contributed by atoms with van der Waals surface area (Å²) in [7, 11) is -4.22. The molecule has 142 valence electrons. The number of rotatable bonds is 5. The van der Waals surface area contributed by atoms with E-state index in [1.54, 1.807) is 30.5 Å². The Hall–Kier alpha value is -2.82. The van der Waals surface area contributed by atoms with Gasteiger partial charge in [0, 0.05) is 29.2 Å². The Morgan fingerprint density at radius 1 is 1.14 bits per heavy atom. The predicted octanol–water partition coefficient (Wildman–Crippen LogP) is 4.47. The van der Waals surface area contributed by atoms with E-state index in [1.165, 1.54) is 6.33 Å². The first-order chi connectivity index (χ1) is 13.4. The Morgan fingerprint density at radius 2 is 2.00 bits per heavy atom. The number of hydrogen-bond acceptors (Lipinski definition) is 7. The van der Waals surface area contributed by atoms with Crippen molar-refractivity contribution < 1.29 is 17.5 Å². The van der Waals surface area contributed by atoms with Gasteiger partial charge in [0.15, 0.2) is 0 Å². The van der Waals surface area contributed by atoms with Crippen molar-refractivity contribution >= 4 is 49.2 Å². The zero-order valence-electron chi connectivity index (χ0n) is 13.8. The summed E-state index contributed by atoms with van der Waals surface area (Å²) in [5.74, 6) is -0.625. The number of ether oxygens (including phenoxy) is 1. The number of halogens is 2. The van der Waals surface area contributed by atoms with Crippen molar-refractivity contribution in [3.8, 4) is 11.5 Å². The average molecular weight is 437 g/mol. The van der Waals surface area contributed by atoms with Crippen LogP contribution in [0.1, 0.15) is 0 Å². The standard InChI is InChI=1S/C17H10ClFN4O3S2/c18-12-7-16(28(24,25)23-17-21-9-22-27-17)13(19)8-15(12)26-11-3-4-14-10(6-11)2-1-5-20-14/h1-9H,(H,21,22,23). The lowest BCUT2D eigenvalue weighted by molar-refractivity contribution is 0.474. The van der Waals surface area contributed by atoms with Gasteiger partial charge in [0.05, 0.1) is 10.5 Å². The first-order valence-electron chi connectivity index (χ1n) is 7.73. The van der Waals surface area contributed by atoms with E-state index in [4.69, 9.17) is 16.3 Å². The van der Waals surface area contributed by atoms with Crippen molar-refractivity contribution in [1.29, 1.82) is 0 Å². The highest BCUT2D eigenvalue weighted by Crippen LogP contribution is 2.34. The van der Waals surface area contributed by atoms with Gasteiger partial charge in [-0.15, -0.1) is 0 Å². The van der Waals surface area contributed by atoms with Gasteiger partial charge in [-0.25, -0.2) is 17.8 Å². The van der Waals surface area contributed by atoms with Crippen LogP contribution < -0.4 is 9.46 Å². The number of nitrogens with one attached hydrogen (secondary N) is 1. The second kappa shape index (κ2) is 7.30. The minimum Gasteiger partial charge on any atom is -0.456 e. The maximum Gasteiger partial charge on any atom is 0.266 e. The molecule has 0 saturated heterocycles. The topological polar surface area (TPSA) is 94.1 Å². The highest BCUT2D eigenvalue weighted by atomic mass is 35.5. The Balaban J connectivity index is 1.65. The molecule has 0 radical (unpaired) electrons. The molecular formula is C17H10ClFN4O3S2. The van der Waals surface area contributed by atoms with Crippen molar-refractivity contribution in [2.24, 2.45) is 0 Å². The van der Waals surface area contributed by atoms with Crippen LogP contribution in [-0.2, 0) is 10.0 Å². The summed E-state index contributed by atoms with van der Waals surface area (Å²) in [6.45, 7) is 0. The molecule has 2 aromatic carbocycles. The Bertz CT molecular complexity index is 1270. The van der Waals surface area contributed by atoms with Crippen LogP contribution in [0.2, 0.25) is 5.02 Å². The molecule has 0 bridgehead atoms. The zero-order valence-corrected chi connectivity index (χ0v) is 16.2. The van der Waals surface area contributed by atoms with E-state index >= 15 is 0 Å². The molecule has 0 fully saturated rings. The van der Waals surface area contributed by atoms with Gasteiger partial charge in [-0.2, -0.15) is 4.37 Å². The summed E-state index contributed by atoms with van der Waals surface area (Å²) >= 11 is 6.96. The summed E-state index contributed by atoms with van der Waals surface area (Å²) < 4.78 is 50.7. The average Bonchev–Trinajstić information content (AvgIpc) is 3.16. The minimum atomic E-state index is -4.22. The Morgan fingerprint density at radius 3 is 2.79 bits per heavy atom. The molecule has 0 aliphatic carbocycles. The van der Waals surface area contributed by atoms with E-state index in [0.717, 1.165) is 34.6 Å². The number of pyridine rings is 1. The number of aromatic nitrogens is 3. The number of hydrogen-bond donors (Lipinski definition) is 1. The molecule has 1 N–H and O–H groups in total. The number of anilines is 1. The van der Waals surface area contributed by atoms with Crippen molar-refractivity contribution in [1.82, 2.24) is 14.3 Å². The smallest absolute Gasteiger partial charge is 0.266 e. The molecule has 28 heavy (non-hydrogen) atoms. The van der Waals surface area contributed by atoms with Gasteiger partial charge in [-0.05, 0) is 30.3 Å². The fraction of sp³-hybridized carbons (Fsp3) is 0. The van der Waals surface area contributed by atoms with Gasteiger partial charge in [0.25, 0.3) is 10.0 Å². The monoisotopic (exact) mass is 436 g/mol. The zero-order chi connectivity index (χ0) is 19.7. The fourth-order valence-corrected chi connectivity index (χ4v) is 4.44. The van der Waals surface area contributed by atoms with Gasteiger partial charge in [-0.3, -0.25) is 9.71 Å². The van der Waals surface area contributed by atoms with Gasteiger partial charge in [-0.1, -0.05) is 17.7 Å². The van der Waals surface area contributed by atoms with Gasteiger partial charge in [0.1, 0.15) is 28.5 Å². The molecule has 4 rings (SSSR count). The minimum absolute atomic E-state index is 0.0145. The van der Waals surface area contributed by atoms with Crippen molar-refractivity contribution in [2.45, 2.75) is 4.90 Å². The molecule has 4 aromatic rings. The Kier molecular flexibility index (Phi) is 4.84. The lowest BCUT2D eigenvalue weighted by atomic mass is 10.2. The van der Waals surface area contributed by atoms with Crippen molar-refractivity contribution in [2.75, 3.05) is 4.72 Å². The van der Waals surface area contributed by atoms with Gasteiger partial charge < -0.3 is 4.74 Å². The normalized spacial score (nSPS) is 11.5. The van der Waals surface area contributed by atoms with Gasteiger partial charge >= 0.3 is 0 Å². The molecule has 0 aliphatic heterocycles. The van der Waals surface area contributed by atoms with Crippen LogP contribution in [0.15, 0.2) is 59.9 Å². The van der Waals surface area contributed by atoms with Crippen LogP contribution in [0.25, 0.3) is 10.9 Å². The predicted molar refractivity (Wildman–Crippen MR) is 104 cm³/mol. The molecule has 0 amide bonds. The molecule has 11 heteroatoms. The van der Waals surface area contributed by atoms with Crippen LogP contribution in [0, 0.1) is 5.82 Å². The van der Waals surface area contributed by atoms with E-state index in [2.05, 4.69) is 19.1 Å². The molecule has 0 atom stereocenters. The van der Waals surface area contributed by atoms with Crippen molar-refractivity contribution in [3.05, 3.63) is 65.8 Å². The molecule has 0 aliphatic rings. The second-order valence-corrected chi connectivity index (χ2v) is 8.36. The number of sulfonamides is 1. The van der Waals surface area contributed by atoms with E-state index in [0.29, 0.717) is 5.75 Å². The molecule has 0 spiro atoms. The molecule has 2 aromatic heterocycles. The van der Waals surface area contributed by atoms with E-state index < -0.39 is 20.7 Å². The number of benzene rings is 2. The maximum absolute atomic E-state index is 14.5. The first-order valence-corrected chi connectivity index (χ1v) is 10.4. The third kappa shape index (κ3) is 3.75. The highest BCUT2D eigenvalue weighted by molar-refractivity contribution is 7.93. The first kappa shape index (κ1) is 18.5. The lowest BCUT2D eigenvalue weighted by Gasteiger charge is -2.11. The Labute approximate surface area is 168 Å². The highest BCUT2D eigenvalue weighted by Gasteiger charge is 2.23. The third-order valence-electron chi connectivity index (χ3n) is 3.66. The summed E-state index contributed by atoms with van der Waals surface area (Å²) in [6.07, 6.45) is 2.85. The van der Waals surface area contributed by atoms with Crippen LogP contribution in [0.4, 0.5) is 9.52 Å². The fourth-order valence-electron chi connectivity index (χ4n) is 2.43. The summed E-state index contributed by atoms with van der Waals surface area (Å²) in [5.41, 5.74) is 0.774. The number of nitrogens with zero attached hydrogens (tertiary/aromatic N) is 3. The molecule has 7 nitrogen and oxygen atoms in total. The van der Waals surface area contributed by atoms with Crippen LogP contribution in [0.5, 0.6) is 11.5 Å². The quantitative estimate of drug-likeness (QED) is 0.496. The molecule has 0 saturated carbocycles. The molecular weight excluding hydrogens is 427 g/mol. The van der Waals surface area contributed by atoms with E-state index in [-0.39, 0.29) is 15.9 Å². The van der Waals surface area contributed by atoms with Gasteiger partial charge in [0.2, 0.25) is 5.13 Å². The third-order valence-corrected chi connectivity index (χ3v) is 6.02. The van der Waals surface area contributed by atoms with Crippen LogP contribution in [0.3, 0.4) is 0 Å². The summed E-state index contributed by atoms with van der Waals surface area (Å²) in [6, 6.07) is 10.7. The van der Waals surface area contributed by atoms with E-state index in [1.807, 2.05) is 6.07 Å². The SMILES string of the molecule is O=S(=O)(Nc1ncns1)c1cc(Cl)c(Oc2ccc3ncccc3c2)cc1F. The summed E-state index contributed by atoms with van der Waals surface area (Å²) in [5, 5.41) is 0.781. The lowest BCUT2D eigenvalue weighted by Crippen LogP contribution is -2.14.